The van der Waals surface area contributed by atoms with Gasteiger partial charge < -0.3 is 15.4 Å². The molecular formula is C16H21N3O. The van der Waals surface area contributed by atoms with Crippen LogP contribution in [0.5, 0.6) is 5.75 Å². The molecule has 0 saturated carbocycles. The fraction of sp³-hybridized carbons (Fsp3) is 0.438. The molecule has 1 aromatic carbocycles. The molecular weight excluding hydrogens is 250 g/mol. The summed E-state index contributed by atoms with van der Waals surface area (Å²) in [7, 11) is 1.69. The highest BCUT2D eigenvalue weighted by atomic mass is 16.5. The van der Waals surface area contributed by atoms with Crippen molar-refractivity contribution < 1.29 is 4.74 Å². The van der Waals surface area contributed by atoms with Crippen molar-refractivity contribution in [2.45, 2.75) is 25.3 Å². The second-order valence-corrected chi connectivity index (χ2v) is 5.30. The third kappa shape index (κ3) is 2.31. The number of pyridine rings is 1. The maximum absolute atomic E-state index is 5.93. The van der Waals surface area contributed by atoms with Crippen LogP contribution in [0.25, 0.3) is 10.8 Å². The zero-order valence-corrected chi connectivity index (χ0v) is 11.9. The van der Waals surface area contributed by atoms with Crippen molar-refractivity contribution in [3.05, 3.63) is 30.5 Å². The molecule has 1 atom stereocenters. The van der Waals surface area contributed by atoms with Gasteiger partial charge in [0.1, 0.15) is 11.6 Å². The lowest BCUT2D eigenvalue weighted by Crippen LogP contribution is -2.44. The SMILES string of the molecule is COc1ccc2c(N3CCCCC3CN)nccc2c1. The molecule has 0 radical (unpaired) electrons. The van der Waals surface area contributed by atoms with Gasteiger partial charge >= 0.3 is 0 Å². The molecule has 0 aliphatic carbocycles. The van der Waals surface area contributed by atoms with E-state index in [2.05, 4.69) is 22.0 Å². The maximum Gasteiger partial charge on any atom is 0.136 e. The lowest BCUT2D eigenvalue weighted by molar-refractivity contribution is 0.415. The lowest BCUT2D eigenvalue weighted by Gasteiger charge is -2.36. The van der Waals surface area contributed by atoms with Gasteiger partial charge in [-0.05, 0) is 48.9 Å². The fourth-order valence-electron chi connectivity index (χ4n) is 3.02. The summed E-state index contributed by atoms with van der Waals surface area (Å²) in [6.07, 6.45) is 5.51. The molecule has 0 bridgehead atoms. The van der Waals surface area contributed by atoms with Crippen LogP contribution in [-0.4, -0.2) is 31.2 Å². The van der Waals surface area contributed by atoms with Gasteiger partial charge in [-0.15, -0.1) is 0 Å². The lowest BCUT2D eigenvalue weighted by atomic mass is 10.0. The van der Waals surface area contributed by atoms with Crippen LogP contribution in [-0.2, 0) is 0 Å². The third-order valence-corrected chi connectivity index (χ3v) is 4.12. The van der Waals surface area contributed by atoms with Crippen LogP contribution in [0.2, 0.25) is 0 Å². The zero-order valence-electron chi connectivity index (χ0n) is 11.9. The van der Waals surface area contributed by atoms with E-state index in [9.17, 15) is 0 Å². The Kier molecular flexibility index (Phi) is 3.74. The second-order valence-electron chi connectivity index (χ2n) is 5.30. The van der Waals surface area contributed by atoms with E-state index < -0.39 is 0 Å². The normalized spacial score (nSPS) is 19.3. The predicted octanol–water partition coefficient (Wildman–Crippen LogP) is 2.56. The van der Waals surface area contributed by atoms with Crippen molar-refractivity contribution >= 4 is 16.6 Å². The Bertz CT molecular complexity index is 599. The van der Waals surface area contributed by atoms with Crippen molar-refractivity contribution in [1.82, 2.24) is 4.98 Å². The highest BCUT2D eigenvalue weighted by Crippen LogP contribution is 2.31. The first-order valence-corrected chi connectivity index (χ1v) is 7.23. The van der Waals surface area contributed by atoms with E-state index in [0.717, 1.165) is 29.9 Å². The molecule has 2 heterocycles. The zero-order chi connectivity index (χ0) is 13.9. The Morgan fingerprint density at radius 2 is 2.25 bits per heavy atom. The van der Waals surface area contributed by atoms with Crippen LogP contribution >= 0.6 is 0 Å². The summed E-state index contributed by atoms with van der Waals surface area (Å²) in [6, 6.07) is 8.59. The average Bonchev–Trinajstić information content (AvgIpc) is 2.53. The Labute approximate surface area is 119 Å². The molecule has 2 aromatic rings. The summed E-state index contributed by atoms with van der Waals surface area (Å²) in [6.45, 7) is 1.73. The van der Waals surface area contributed by atoms with Gasteiger partial charge in [-0.1, -0.05) is 0 Å². The van der Waals surface area contributed by atoms with Gasteiger partial charge in [0.05, 0.1) is 7.11 Å². The predicted molar refractivity (Wildman–Crippen MR) is 82.3 cm³/mol. The molecule has 1 aliphatic heterocycles. The van der Waals surface area contributed by atoms with E-state index in [4.69, 9.17) is 10.5 Å². The average molecular weight is 271 g/mol. The molecule has 4 nitrogen and oxygen atoms in total. The number of anilines is 1. The van der Waals surface area contributed by atoms with Gasteiger partial charge in [-0.2, -0.15) is 0 Å². The van der Waals surface area contributed by atoms with E-state index in [-0.39, 0.29) is 0 Å². The van der Waals surface area contributed by atoms with Crippen LogP contribution in [0, 0.1) is 0 Å². The summed E-state index contributed by atoms with van der Waals surface area (Å²) >= 11 is 0. The smallest absolute Gasteiger partial charge is 0.136 e. The number of piperidine rings is 1. The molecule has 20 heavy (non-hydrogen) atoms. The quantitative estimate of drug-likeness (QED) is 0.932. The molecule has 0 spiro atoms. The standard InChI is InChI=1S/C16H21N3O/c1-20-14-5-6-15-12(10-14)7-8-18-16(15)19-9-3-2-4-13(19)11-17/h5-8,10,13H,2-4,9,11,17H2,1H3. The molecule has 1 saturated heterocycles. The fourth-order valence-corrected chi connectivity index (χ4v) is 3.02. The number of rotatable bonds is 3. The second kappa shape index (κ2) is 5.67. The highest BCUT2D eigenvalue weighted by molar-refractivity contribution is 5.93. The van der Waals surface area contributed by atoms with Crippen LogP contribution in [0.15, 0.2) is 30.5 Å². The van der Waals surface area contributed by atoms with Crippen molar-refractivity contribution in [3.8, 4) is 5.75 Å². The first-order chi connectivity index (χ1) is 9.83. The number of hydrogen-bond acceptors (Lipinski definition) is 4. The minimum absolute atomic E-state index is 0.406. The third-order valence-electron chi connectivity index (χ3n) is 4.12. The first-order valence-electron chi connectivity index (χ1n) is 7.23. The molecule has 1 unspecified atom stereocenters. The van der Waals surface area contributed by atoms with E-state index in [1.165, 1.54) is 18.2 Å². The highest BCUT2D eigenvalue weighted by Gasteiger charge is 2.23. The molecule has 0 amide bonds. The largest absolute Gasteiger partial charge is 0.497 e. The van der Waals surface area contributed by atoms with Gasteiger partial charge in [-0.25, -0.2) is 4.98 Å². The monoisotopic (exact) mass is 271 g/mol. The topological polar surface area (TPSA) is 51.4 Å². The van der Waals surface area contributed by atoms with Crippen molar-refractivity contribution in [2.75, 3.05) is 25.1 Å². The number of nitrogens with two attached hydrogens (primary N) is 1. The number of nitrogens with zero attached hydrogens (tertiary/aromatic N) is 2. The van der Waals surface area contributed by atoms with Gasteiger partial charge in [-0.3, -0.25) is 0 Å². The molecule has 4 heteroatoms. The Balaban J connectivity index is 2.06. The van der Waals surface area contributed by atoms with Crippen LogP contribution in [0.1, 0.15) is 19.3 Å². The van der Waals surface area contributed by atoms with Gasteiger partial charge in [0.15, 0.2) is 0 Å². The van der Waals surface area contributed by atoms with Crippen molar-refractivity contribution in [1.29, 1.82) is 0 Å². The van der Waals surface area contributed by atoms with Gasteiger partial charge in [0.25, 0.3) is 0 Å². The van der Waals surface area contributed by atoms with E-state index in [0.29, 0.717) is 12.6 Å². The number of fused-ring (bicyclic) bond motifs is 1. The Hall–Kier alpha value is -1.81. The van der Waals surface area contributed by atoms with Crippen LogP contribution in [0.3, 0.4) is 0 Å². The number of ether oxygens (including phenoxy) is 1. The van der Waals surface area contributed by atoms with Crippen LogP contribution in [0.4, 0.5) is 5.82 Å². The molecule has 106 valence electrons. The molecule has 2 N–H and O–H groups in total. The van der Waals surface area contributed by atoms with E-state index >= 15 is 0 Å². The number of benzene rings is 1. The number of methoxy groups -OCH3 is 1. The Morgan fingerprint density at radius 3 is 3.05 bits per heavy atom. The summed E-state index contributed by atoms with van der Waals surface area (Å²) in [5.74, 6) is 1.93. The molecule has 1 aliphatic rings. The number of hydrogen-bond donors (Lipinski definition) is 1. The van der Waals surface area contributed by atoms with Gasteiger partial charge in [0.2, 0.25) is 0 Å². The minimum atomic E-state index is 0.406. The van der Waals surface area contributed by atoms with Crippen molar-refractivity contribution in [3.63, 3.8) is 0 Å². The Morgan fingerprint density at radius 1 is 1.35 bits per heavy atom. The minimum Gasteiger partial charge on any atom is -0.497 e. The molecule has 1 aromatic heterocycles. The van der Waals surface area contributed by atoms with E-state index in [1.54, 1.807) is 7.11 Å². The molecule has 1 fully saturated rings. The molecule has 3 rings (SSSR count). The van der Waals surface area contributed by atoms with Gasteiger partial charge in [0, 0.05) is 30.7 Å². The summed E-state index contributed by atoms with van der Waals surface area (Å²) < 4.78 is 5.30. The summed E-state index contributed by atoms with van der Waals surface area (Å²) in [5.41, 5.74) is 5.93. The first kappa shape index (κ1) is 13.2. The van der Waals surface area contributed by atoms with Crippen LogP contribution < -0.4 is 15.4 Å². The van der Waals surface area contributed by atoms with E-state index in [1.807, 2.05) is 18.3 Å². The maximum atomic E-state index is 5.93. The number of aromatic nitrogens is 1. The summed E-state index contributed by atoms with van der Waals surface area (Å²) in [5, 5.41) is 2.34. The van der Waals surface area contributed by atoms with Crippen molar-refractivity contribution in [2.24, 2.45) is 5.73 Å². The summed E-state index contributed by atoms with van der Waals surface area (Å²) in [4.78, 5) is 6.99.